The molecule has 1 saturated carbocycles. The lowest BCUT2D eigenvalue weighted by molar-refractivity contribution is -0.132. The Kier molecular flexibility index (Phi) is 5.48. The zero-order chi connectivity index (χ0) is 14.7. The summed E-state index contributed by atoms with van der Waals surface area (Å²) in [4.78, 5) is 16.8. The van der Waals surface area contributed by atoms with Gasteiger partial charge in [0.2, 0.25) is 5.91 Å². The maximum atomic E-state index is 12.4. The highest BCUT2D eigenvalue weighted by atomic mass is 16.2. The molecule has 1 saturated heterocycles. The van der Waals surface area contributed by atoms with Gasteiger partial charge in [-0.05, 0) is 56.4 Å². The molecule has 0 aromatic carbocycles. The van der Waals surface area contributed by atoms with Gasteiger partial charge in [-0.1, -0.05) is 20.8 Å². The Morgan fingerprint density at radius 2 is 1.90 bits per heavy atom. The molecule has 2 aliphatic rings. The second-order valence-corrected chi connectivity index (χ2v) is 7.47. The normalized spacial score (nSPS) is 28.4. The van der Waals surface area contributed by atoms with Crippen LogP contribution in [0.25, 0.3) is 0 Å². The van der Waals surface area contributed by atoms with Crippen LogP contribution in [0.5, 0.6) is 0 Å². The van der Waals surface area contributed by atoms with Crippen LogP contribution in [-0.4, -0.2) is 48.4 Å². The molecule has 3 heteroatoms. The monoisotopic (exact) mass is 280 g/mol. The minimum atomic E-state index is 0.317. The Hall–Kier alpha value is -0.570. The maximum absolute atomic E-state index is 12.4. The molecule has 2 unspecified atom stereocenters. The average molecular weight is 280 g/mol. The highest BCUT2D eigenvalue weighted by Crippen LogP contribution is 2.30. The average Bonchev–Trinajstić information content (AvgIpc) is 3.19. The van der Waals surface area contributed by atoms with E-state index in [1.807, 2.05) is 11.9 Å². The molecule has 116 valence electrons. The number of carbonyl (C=O) groups is 1. The van der Waals surface area contributed by atoms with Crippen molar-refractivity contribution < 1.29 is 4.79 Å². The lowest BCUT2D eigenvalue weighted by Gasteiger charge is -2.33. The van der Waals surface area contributed by atoms with Gasteiger partial charge in [0.1, 0.15) is 0 Å². The molecular weight excluding hydrogens is 248 g/mol. The summed E-state index contributed by atoms with van der Waals surface area (Å²) in [6.07, 6.45) is 6.42. The molecular formula is C17H32N2O. The standard InChI is InChI=1S/C17H32N2O/c1-13(2)16-8-5-14(3)9-10-19(16)12-17(20)18(4)11-15-6-7-15/h13-16H,5-12H2,1-4H3. The van der Waals surface area contributed by atoms with Crippen molar-refractivity contribution in [2.45, 2.75) is 58.9 Å². The van der Waals surface area contributed by atoms with Gasteiger partial charge < -0.3 is 4.90 Å². The number of amides is 1. The van der Waals surface area contributed by atoms with Crippen LogP contribution in [0.2, 0.25) is 0 Å². The van der Waals surface area contributed by atoms with Crippen molar-refractivity contribution in [2.75, 3.05) is 26.7 Å². The smallest absolute Gasteiger partial charge is 0.236 e. The van der Waals surface area contributed by atoms with Crippen molar-refractivity contribution in [3.63, 3.8) is 0 Å². The van der Waals surface area contributed by atoms with Gasteiger partial charge in [-0.2, -0.15) is 0 Å². The van der Waals surface area contributed by atoms with E-state index in [9.17, 15) is 4.79 Å². The van der Waals surface area contributed by atoms with Crippen LogP contribution in [0.15, 0.2) is 0 Å². The molecule has 0 bridgehead atoms. The van der Waals surface area contributed by atoms with Crippen molar-refractivity contribution in [1.82, 2.24) is 9.80 Å². The Morgan fingerprint density at radius 1 is 1.20 bits per heavy atom. The van der Waals surface area contributed by atoms with E-state index < -0.39 is 0 Å². The third-order valence-corrected chi connectivity index (χ3v) is 5.10. The van der Waals surface area contributed by atoms with Crippen molar-refractivity contribution in [1.29, 1.82) is 0 Å². The zero-order valence-electron chi connectivity index (χ0n) is 13.8. The second kappa shape index (κ2) is 6.93. The molecule has 1 amide bonds. The molecule has 3 nitrogen and oxygen atoms in total. The lowest BCUT2D eigenvalue weighted by Crippen LogP contribution is -2.45. The van der Waals surface area contributed by atoms with Gasteiger partial charge in [0, 0.05) is 19.6 Å². The van der Waals surface area contributed by atoms with Gasteiger partial charge in [-0.3, -0.25) is 9.69 Å². The third kappa shape index (κ3) is 4.47. The molecule has 2 atom stereocenters. The summed E-state index contributed by atoms with van der Waals surface area (Å²) in [6, 6.07) is 0.582. The molecule has 0 spiro atoms. The molecule has 1 aliphatic heterocycles. The molecule has 0 N–H and O–H groups in total. The highest BCUT2D eigenvalue weighted by Gasteiger charge is 2.29. The number of hydrogen-bond acceptors (Lipinski definition) is 2. The van der Waals surface area contributed by atoms with Crippen LogP contribution in [-0.2, 0) is 4.79 Å². The largest absolute Gasteiger partial charge is 0.344 e. The summed E-state index contributed by atoms with van der Waals surface area (Å²) >= 11 is 0. The van der Waals surface area contributed by atoms with E-state index in [1.165, 1.54) is 32.1 Å². The van der Waals surface area contributed by atoms with Crippen molar-refractivity contribution in [3.05, 3.63) is 0 Å². The molecule has 0 aromatic heterocycles. The Morgan fingerprint density at radius 3 is 2.50 bits per heavy atom. The SMILES string of the molecule is CC1CCC(C(C)C)N(CC(=O)N(C)CC2CC2)CC1. The molecule has 0 aromatic rings. The molecule has 20 heavy (non-hydrogen) atoms. The highest BCUT2D eigenvalue weighted by molar-refractivity contribution is 5.78. The van der Waals surface area contributed by atoms with Crippen LogP contribution in [0.4, 0.5) is 0 Å². The van der Waals surface area contributed by atoms with E-state index in [0.29, 0.717) is 24.4 Å². The number of carbonyl (C=O) groups excluding carboxylic acids is 1. The van der Waals surface area contributed by atoms with E-state index >= 15 is 0 Å². The molecule has 1 heterocycles. The minimum absolute atomic E-state index is 0.317. The maximum Gasteiger partial charge on any atom is 0.236 e. The number of nitrogens with zero attached hydrogens (tertiary/aromatic N) is 2. The topological polar surface area (TPSA) is 23.6 Å². The van der Waals surface area contributed by atoms with Crippen LogP contribution < -0.4 is 0 Å². The summed E-state index contributed by atoms with van der Waals surface area (Å²) in [5.74, 6) is 2.55. The van der Waals surface area contributed by atoms with Gasteiger partial charge in [0.05, 0.1) is 6.54 Å². The summed E-state index contributed by atoms with van der Waals surface area (Å²) in [5, 5.41) is 0. The Labute approximate surface area is 124 Å². The van der Waals surface area contributed by atoms with Crippen molar-refractivity contribution in [2.24, 2.45) is 17.8 Å². The Balaban J connectivity index is 1.90. The van der Waals surface area contributed by atoms with Crippen LogP contribution in [0.3, 0.4) is 0 Å². The molecule has 0 radical (unpaired) electrons. The summed E-state index contributed by atoms with van der Waals surface area (Å²) in [6.45, 7) is 9.63. The zero-order valence-corrected chi connectivity index (χ0v) is 13.8. The van der Waals surface area contributed by atoms with E-state index in [1.54, 1.807) is 0 Å². The third-order valence-electron chi connectivity index (χ3n) is 5.10. The molecule has 2 rings (SSSR count). The fourth-order valence-corrected chi connectivity index (χ4v) is 3.37. The fraction of sp³-hybridized carbons (Fsp3) is 0.941. The minimum Gasteiger partial charge on any atom is -0.344 e. The number of likely N-dealkylation sites (tertiary alicyclic amines) is 1. The van der Waals surface area contributed by atoms with Gasteiger partial charge in [0.15, 0.2) is 0 Å². The van der Waals surface area contributed by atoms with Crippen LogP contribution in [0, 0.1) is 17.8 Å². The van der Waals surface area contributed by atoms with Gasteiger partial charge in [-0.25, -0.2) is 0 Å². The number of rotatable bonds is 5. The first-order chi connectivity index (χ1) is 9.47. The van der Waals surface area contributed by atoms with Crippen molar-refractivity contribution in [3.8, 4) is 0 Å². The predicted molar refractivity (Wildman–Crippen MR) is 83.6 cm³/mol. The van der Waals surface area contributed by atoms with Crippen LogP contribution >= 0.6 is 0 Å². The van der Waals surface area contributed by atoms with Crippen molar-refractivity contribution >= 4 is 5.91 Å². The summed E-state index contributed by atoms with van der Waals surface area (Å²) in [7, 11) is 1.98. The van der Waals surface area contributed by atoms with E-state index in [4.69, 9.17) is 0 Å². The summed E-state index contributed by atoms with van der Waals surface area (Å²) < 4.78 is 0. The fourth-order valence-electron chi connectivity index (χ4n) is 3.37. The van der Waals surface area contributed by atoms with Gasteiger partial charge in [0.25, 0.3) is 0 Å². The van der Waals surface area contributed by atoms with Crippen LogP contribution in [0.1, 0.15) is 52.9 Å². The summed E-state index contributed by atoms with van der Waals surface area (Å²) in [5.41, 5.74) is 0. The Bertz CT molecular complexity index is 325. The van der Waals surface area contributed by atoms with E-state index in [-0.39, 0.29) is 0 Å². The molecule has 2 fully saturated rings. The first-order valence-electron chi connectivity index (χ1n) is 8.45. The predicted octanol–water partition coefficient (Wildman–Crippen LogP) is 3.00. The van der Waals surface area contributed by atoms with E-state index in [2.05, 4.69) is 25.7 Å². The number of hydrogen-bond donors (Lipinski definition) is 0. The second-order valence-electron chi connectivity index (χ2n) is 7.47. The quantitative estimate of drug-likeness (QED) is 0.773. The molecule has 1 aliphatic carbocycles. The van der Waals surface area contributed by atoms with E-state index in [0.717, 1.165) is 24.9 Å². The first-order valence-corrected chi connectivity index (χ1v) is 8.45. The number of likely N-dealkylation sites (N-methyl/N-ethyl adjacent to an activating group) is 1. The lowest BCUT2D eigenvalue weighted by atomic mass is 9.95. The van der Waals surface area contributed by atoms with Gasteiger partial charge >= 0.3 is 0 Å². The van der Waals surface area contributed by atoms with Gasteiger partial charge in [-0.15, -0.1) is 0 Å². The first kappa shape index (κ1) is 15.8.